The number of nitrogens with one attached hydrogen (secondary N) is 1. The molecule has 110 valence electrons. The molecule has 1 heterocycles. The highest BCUT2D eigenvalue weighted by atomic mass is 35.5. The van der Waals surface area contributed by atoms with E-state index in [2.05, 4.69) is 10.3 Å². The second-order valence-electron chi connectivity index (χ2n) is 3.58. The van der Waals surface area contributed by atoms with Gasteiger partial charge in [-0.1, -0.05) is 25.4 Å². The molecule has 0 aliphatic rings. The van der Waals surface area contributed by atoms with Crippen LogP contribution >= 0.6 is 22.9 Å². The molecule has 1 rings (SSSR count). The topological polar surface area (TPSA) is 62.2 Å². The lowest BCUT2D eigenvalue weighted by Crippen LogP contribution is -2.21. The third-order valence-corrected chi connectivity index (χ3v) is 3.29. The van der Waals surface area contributed by atoms with E-state index in [1.807, 2.05) is 13.8 Å². The lowest BCUT2D eigenvalue weighted by molar-refractivity contribution is -0.192. The normalized spacial score (nSPS) is 14.2. The summed E-state index contributed by atoms with van der Waals surface area (Å²) in [5.74, 6) is -2.44. The number of nitrogens with zero attached hydrogens (tertiary/aromatic N) is 1. The smallest absolute Gasteiger partial charge is 0.475 e. The van der Waals surface area contributed by atoms with Crippen molar-refractivity contribution in [3.05, 3.63) is 15.0 Å². The van der Waals surface area contributed by atoms with Gasteiger partial charge >= 0.3 is 12.1 Å². The molecule has 0 aliphatic carbocycles. The second-order valence-corrected chi connectivity index (χ2v) is 5.22. The van der Waals surface area contributed by atoms with Crippen LogP contribution in [-0.4, -0.2) is 29.2 Å². The largest absolute Gasteiger partial charge is 0.490 e. The summed E-state index contributed by atoms with van der Waals surface area (Å²) in [6.07, 6.45) is -5.08. The molecule has 0 fully saturated rings. The summed E-state index contributed by atoms with van der Waals surface area (Å²) >= 11 is 7.35. The third kappa shape index (κ3) is 6.74. The maximum Gasteiger partial charge on any atom is 0.490 e. The van der Waals surface area contributed by atoms with E-state index in [0.29, 0.717) is 15.9 Å². The van der Waals surface area contributed by atoms with Gasteiger partial charge < -0.3 is 10.4 Å². The molecule has 9 heteroatoms. The number of hydrogen-bond donors (Lipinski definition) is 2. The Labute approximate surface area is 121 Å². The molecule has 0 bridgehead atoms. The Kier molecular flexibility index (Phi) is 5.30. The maximum atomic E-state index is 10.6. The molecule has 4 nitrogen and oxygen atoms in total. The molecule has 1 aromatic heterocycles. The molecule has 1 aromatic rings. The van der Waals surface area contributed by atoms with Crippen molar-refractivity contribution < 1.29 is 27.2 Å². The predicted octanol–water partition coefficient (Wildman–Crippen LogP) is 3.27. The standard InChI is InChI=1S/C8H13ClN2S.C2HF3O2/c1-5(2)8-11-6(4-10-3)7(9)12-8;3-2(4,5)1(6)7/h5,10H,4H2,1-3H3;(H,6,7)/i3D3;. The first-order chi connectivity index (χ1) is 9.74. The molecule has 19 heavy (non-hydrogen) atoms. The average Bonchev–Trinajstić information content (AvgIpc) is 2.67. The number of alkyl halides is 3. The van der Waals surface area contributed by atoms with Gasteiger partial charge in [0.05, 0.1) is 10.7 Å². The van der Waals surface area contributed by atoms with Crippen LogP contribution < -0.4 is 5.32 Å². The summed E-state index contributed by atoms with van der Waals surface area (Å²) < 4.78 is 53.3. The fourth-order valence-corrected chi connectivity index (χ4v) is 1.95. The van der Waals surface area contributed by atoms with Crippen LogP contribution in [0.25, 0.3) is 0 Å². The molecule has 0 aliphatic heterocycles. The molecular weight excluding hydrogens is 305 g/mol. The molecule has 0 saturated carbocycles. The molecule has 0 aromatic carbocycles. The summed E-state index contributed by atoms with van der Waals surface area (Å²) in [6.45, 7) is 2.08. The highest BCUT2D eigenvalue weighted by Crippen LogP contribution is 2.28. The van der Waals surface area contributed by atoms with E-state index in [1.54, 1.807) is 0 Å². The molecular formula is C10H14ClF3N2O2S. The van der Waals surface area contributed by atoms with Crippen LogP contribution in [0.15, 0.2) is 0 Å². The highest BCUT2D eigenvalue weighted by Gasteiger charge is 2.38. The SMILES string of the molecule is O=C(O)C(F)(F)F.[2H]C([2H])([2H])NCc1nc(C(C)C)sc1Cl. The average molecular weight is 322 g/mol. The summed E-state index contributed by atoms with van der Waals surface area (Å²) in [5, 5.41) is 10.4. The molecule has 2 N–H and O–H groups in total. The number of halogens is 4. The zero-order valence-electron chi connectivity index (χ0n) is 13.0. The quantitative estimate of drug-likeness (QED) is 0.897. The first-order valence-electron chi connectivity index (χ1n) is 6.44. The van der Waals surface area contributed by atoms with Crippen LogP contribution in [0.1, 0.15) is 34.6 Å². The minimum Gasteiger partial charge on any atom is -0.475 e. The van der Waals surface area contributed by atoms with Crippen LogP contribution in [0.2, 0.25) is 4.34 Å². The Bertz CT molecular complexity index is 507. The van der Waals surface area contributed by atoms with Crippen molar-refractivity contribution in [3.8, 4) is 0 Å². The maximum absolute atomic E-state index is 10.6. The lowest BCUT2D eigenvalue weighted by Gasteiger charge is -1.96. The van der Waals surface area contributed by atoms with Gasteiger partial charge in [0.25, 0.3) is 0 Å². The predicted molar refractivity (Wildman–Crippen MR) is 67.7 cm³/mol. The van der Waals surface area contributed by atoms with Gasteiger partial charge in [0.2, 0.25) is 0 Å². The van der Waals surface area contributed by atoms with Crippen molar-refractivity contribution in [1.82, 2.24) is 10.3 Å². The summed E-state index contributed by atoms with van der Waals surface area (Å²) in [5.41, 5.74) is 0.612. The van der Waals surface area contributed by atoms with Crippen LogP contribution in [-0.2, 0) is 11.3 Å². The molecule has 0 atom stereocenters. The summed E-state index contributed by atoms with van der Waals surface area (Å²) in [4.78, 5) is 13.2. The van der Waals surface area contributed by atoms with Crippen molar-refractivity contribution >= 4 is 28.9 Å². The van der Waals surface area contributed by atoms with E-state index in [1.165, 1.54) is 11.3 Å². The molecule has 0 unspecified atom stereocenters. The van der Waals surface area contributed by atoms with Crippen molar-refractivity contribution in [2.24, 2.45) is 0 Å². The number of aliphatic carboxylic acids is 1. The third-order valence-electron chi connectivity index (χ3n) is 1.66. The van der Waals surface area contributed by atoms with Gasteiger partial charge in [0.15, 0.2) is 0 Å². The van der Waals surface area contributed by atoms with Gasteiger partial charge in [-0.25, -0.2) is 9.78 Å². The fourth-order valence-electron chi connectivity index (χ4n) is 0.790. The van der Waals surface area contributed by atoms with Crippen LogP contribution in [0.4, 0.5) is 13.2 Å². The number of rotatable bonds is 3. The van der Waals surface area contributed by atoms with Gasteiger partial charge in [-0.05, 0) is 6.98 Å². The van der Waals surface area contributed by atoms with E-state index in [4.69, 9.17) is 25.6 Å². The van der Waals surface area contributed by atoms with Crippen LogP contribution in [0.3, 0.4) is 0 Å². The van der Waals surface area contributed by atoms with E-state index < -0.39 is 19.1 Å². The first-order valence-corrected chi connectivity index (χ1v) is 6.13. The van der Waals surface area contributed by atoms with Gasteiger partial charge in [-0.15, -0.1) is 11.3 Å². The minimum atomic E-state index is -5.08. The Hall–Kier alpha value is -0.860. The van der Waals surface area contributed by atoms with Crippen molar-refractivity contribution in [2.45, 2.75) is 32.5 Å². The zero-order valence-corrected chi connectivity index (χ0v) is 11.6. The van der Waals surface area contributed by atoms with E-state index in [-0.39, 0.29) is 6.54 Å². The number of carbonyl (C=O) groups is 1. The van der Waals surface area contributed by atoms with Crippen LogP contribution in [0.5, 0.6) is 0 Å². The first kappa shape index (κ1) is 13.1. The number of carboxylic acid groups (broad SMARTS) is 1. The second kappa shape index (κ2) is 7.66. The fraction of sp³-hybridized carbons (Fsp3) is 0.600. The van der Waals surface area contributed by atoms with Crippen molar-refractivity contribution in [1.29, 1.82) is 0 Å². The highest BCUT2D eigenvalue weighted by molar-refractivity contribution is 7.16. The summed E-state index contributed by atoms with van der Waals surface area (Å²) in [6, 6.07) is 0. The number of thiazole rings is 1. The Balaban J connectivity index is 0.000000534. The summed E-state index contributed by atoms with van der Waals surface area (Å²) in [7, 11) is 0. The van der Waals surface area contributed by atoms with E-state index in [9.17, 15) is 13.2 Å². The number of carboxylic acids is 1. The van der Waals surface area contributed by atoms with Crippen molar-refractivity contribution in [3.63, 3.8) is 0 Å². The minimum absolute atomic E-state index is 0.179. The Morgan fingerprint density at radius 1 is 1.63 bits per heavy atom. The zero-order chi connectivity index (χ0) is 17.7. The number of hydrogen-bond acceptors (Lipinski definition) is 4. The monoisotopic (exact) mass is 321 g/mol. The van der Waals surface area contributed by atoms with Crippen molar-refractivity contribution in [2.75, 3.05) is 6.98 Å². The van der Waals surface area contributed by atoms with Gasteiger partial charge in [-0.2, -0.15) is 13.2 Å². The molecule has 0 saturated heterocycles. The Morgan fingerprint density at radius 2 is 2.16 bits per heavy atom. The molecule has 0 spiro atoms. The van der Waals surface area contributed by atoms with Gasteiger partial charge in [0, 0.05) is 16.6 Å². The number of aromatic nitrogens is 1. The van der Waals surface area contributed by atoms with E-state index >= 15 is 0 Å². The molecule has 0 radical (unpaired) electrons. The molecule has 0 amide bonds. The lowest BCUT2D eigenvalue weighted by atomic mass is 10.2. The van der Waals surface area contributed by atoms with Gasteiger partial charge in [-0.3, -0.25) is 0 Å². The van der Waals surface area contributed by atoms with E-state index in [0.717, 1.165) is 5.01 Å². The Morgan fingerprint density at radius 3 is 2.47 bits per heavy atom. The van der Waals surface area contributed by atoms with Gasteiger partial charge in [0.1, 0.15) is 4.34 Å². The van der Waals surface area contributed by atoms with Crippen LogP contribution in [0, 0.1) is 0 Å².